The zero-order valence-corrected chi connectivity index (χ0v) is 13.8. The average Bonchev–Trinajstić information content (AvgIpc) is 2.97. The summed E-state index contributed by atoms with van der Waals surface area (Å²) in [6.07, 6.45) is 10.1. The number of nitrogens with one attached hydrogen (secondary N) is 1. The van der Waals surface area contributed by atoms with Crippen molar-refractivity contribution in [3.63, 3.8) is 0 Å². The van der Waals surface area contributed by atoms with E-state index in [-0.39, 0.29) is 0 Å². The van der Waals surface area contributed by atoms with Crippen molar-refractivity contribution >= 4 is 17.3 Å². The Hall–Kier alpha value is -1.62. The summed E-state index contributed by atoms with van der Waals surface area (Å²) in [5.41, 5.74) is 2.74. The fraction of sp³-hybridized carbons (Fsp3) is 0.562. The van der Waals surface area contributed by atoms with E-state index in [9.17, 15) is 0 Å². The number of anilines is 1. The second-order valence-electron chi connectivity index (χ2n) is 6.23. The van der Waals surface area contributed by atoms with Gasteiger partial charge in [-0.2, -0.15) is 0 Å². The fourth-order valence-electron chi connectivity index (χ4n) is 2.99. The van der Waals surface area contributed by atoms with Gasteiger partial charge in [-0.05, 0) is 32.8 Å². The number of halogens is 1. The predicted octanol–water partition coefficient (Wildman–Crippen LogP) is 4.32. The number of nitrogens with zero attached hydrogens (tertiary/aromatic N) is 4. The Bertz CT molecular complexity index is 631. The van der Waals surface area contributed by atoms with Crippen molar-refractivity contribution in [2.24, 2.45) is 0 Å². The second-order valence-corrected chi connectivity index (χ2v) is 6.61. The molecule has 0 unspecified atom stereocenters. The minimum atomic E-state index is 0.311. The molecule has 0 atom stereocenters. The van der Waals surface area contributed by atoms with Crippen molar-refractivity contribution < 1.29 is 0 Å². The molecule has 0 radical (unpaired) electrons. The van der Waals surface area contributed by atoms with Gasteiger partial charge in [-0.25, -0.2) is 9.67 Å². The summed E-state index contributed by atoms with van der Waals surface area (Å²) in [6.45, 7) is 4.19. The van der Waals surface area contributed by atoms with Crippen LogP contribution in [0.2, 0.25) is 5.15 Å². The first kappa shape index (κ1) is 15.3. The molecule has 0 aromatic carbocycles. The number of pyridine rings is 1. The Morgan fingerprint density at radius 3 is 2.77 bits per heavy atom. The summed E-state index contributed by atoms with van der Waals surface area (Å²) in [5, 5.41) is 12.6. The zero-order valence-electron chi connectivity index (χ0n) is 13.1. The van der Waals surface area contributed by atoms with Crippen LogP contribution in [0.1, 0.15) is 52.0 Å². The van der Waals surface area contributed by atoms with Gasteiger partial charge in [-0.1, -0.05) is 36.1 Å². The lowest BCUT2D eigenvalue weighted by Crippen LogP contribution is -2.13. The van der Waals surface area contributed by atoms with Gasteiger partial charge in [-0.3, -0.25) is 0 Å². The topological polar surface area (TPSA) is 55.6 Å². The van der Waals surface area contributed by atoms with Gasteiger partial charge in [0.25, 0.3) is 0 Å². The van der Waals surface area contributed by atoms with Crippen molar-refractivity contribution in [1.82, 2.24) is 20.0 Å². The van der Waals surface area contributed by atoms with Crippen LogP contribution >= 0.6 is 11.6 Å². The van der Waals surface area contributed by atoms with Crippen LogP contribution in [0.15, 0.2) is 18.5 Å². The zero-order chi connectivity index (χ0) is 15.5. The number of rotatable bonds is 4. The molecule has 1 fully saturated rings. The van der Waals surface area contributed by atoms with Crippen LogP contribution < -0.4 is 5.32 Å². The largest absolute Gasteiger partial charge is 0.382 e. The van der Waals surface area contributed by atoms with Crippen molar-refractivity contribution in [2.45, 2.75) is 58.0 Å². The molecular weight excluding hydrogens is 298 g/mol. The standard InChI is InChI=1S/C16H22ClN5/c1-11(2)19-14-8-16(17)18-9-13(14)15-10-22(21-20-15)12-6-4-3-5-7-12/h8-12H,3-7H2,1-2H3,(H,18,19). The Morgan fingerprint density at radius 1 is 1.27 bits per heavy atom. The third-order valence-corrected chi connectivity index (χ3v) is 4.26. The van der Waals surface area contributed by atoms with Crippen LogP contribution in [0.3, 0.4) is 0 Å². The minimum Gasteiger partial charge on any atom is -0.382 e. The van der Waals surface area contributed by atoms with Crippen LogP contribution in [0.5, 0.6) is 0 Å². The molecule has 1 saturated carbocycles. The molecular formula is C16H22ClN5. The number of hydrogen-bond acceptors (Lipinski definition) is 4. The average molecular weight is 320 g/mol. The highest BCUT2D eigenvalue weighted by atomic mass is 35.5. The first-order chi connectivity index (χ1) is 10.6. The van der Waals surface area contributed by atoms with Crippen LogP contribution in [-0.4, -0.2) is 26.0 Å². The van der Waals surface area contributed by atoms with E-state index in [4.69, 9.17) is 11.6 Å². The smallest absolute Gasteiger partial charge is 0.131 e. The highest BCUT2D eigenvalue weighted by Gasteiger charge is 2.18. The van der Waals surface area contributed by atoms with E-state index < -0.39 is 0 Å². The van der Waals surface area contributed by atoms with Crippen molar-refractivity contribution in [1.29, 1.82) is 0 Å². The van der Waals surface area contributed by atoms with Gasteiger partial charge in [0.2, 0.25) is 0 Å². The normalized spacial score (nSPS) is 16.2. The Morgan fingerprint density at radius 2 is 2.05 bits per heavy atom. The summed E-state index contributed by atoms with van der Waals surface area (Å²) in [6, 6.07) is 2.64. The summed E-state index contributed by atoms with van der Waals surface area (Å²) < 4.78 is 2.02. The molecule has 2 aromatic heterocycles. The molecule has 0 amide bonds. The molecule has 0 saturated heterocycles. The van der Waals surface area contributed by atoms with Gasteiger partial charge in [0.15, 0.2) is 0 Å². The lowest BCUT2D eigenvalue weighted by atomic mass is 9.96. The van der Waals surface area contributed by atoms with Gasteiger partial charge in [0.1, 0.15) is 10.8 Å². The number of aromatic nitrogens is 4. The van der Waals surface area contributed by atoms with E-state index in [0.717, 1.165) is 16.9 Å². The van der Waals surface area contributed by atoms with E-state index in [2.05, 4.69) is 34.5 Å². The van der Waals surface area contributed by atoms with Crippen molar-refractivity contribution in [3.05, 3.63) is 23.6 Å². The maximum Gasteiger partial charge on any atom is 0.131 e. The number of hydrogen-bond donors (Lipinski definition) is 1. The summed E-state index contributed by atoms with van der Waals surface area (Å²) in [7, 11) is 0. The molecule has 1 N–H and O–H groups in total. The van der Waals surface area contributed by atoms with Gasteiger partial charge in [-0.15, -0.1) is 5.10 Å². The fourth-order valence-corrected chi connectivity index (χ4v) is 3.15. The third kappa shape index (κ3) is 3.40. The van der Waals surface area contributed by atoms with Gasteiger partial charge in [0.05, 0.1) is 12.2 Å². The quantitative estimate of drug-likeness (QED) is 0.853. The Kier molecular flexibility index (Phi) is 4.62. The van der Waals surface area contributed by atoms with E-state index >= 15 is 0 Å². The molecule has 0 spiro atoms. The van der Waals surface area contributed by atoms with E-state index in [1.807, 2.05) is 16.9 Å². The minimum absolute atomic E-state index is 0.311. The summed E-state index contributed by atoms with van der Waals surface area (Å²) in [5.74, 6) is 0. The predicted molar refractivity (Wildman–Crippen MR) is 89.1 cm³/mol. The molecule has 6 heteroatoms. The van der Waals surface area contributed by atoms with Crippen molar-refractivity contribution in [2.75, 3.05) is 5.32 Å². The van der Waals surface area contributed by atoms with E-state index in [1.54, 1.807) is 6.20 Å². The van der Waals surface area contributed by atoms with Gasteiger partial charge in [0, 0.05) is 23.5 Å². The molecule has 2 aromatic rings. The highest BCUT2D eigenvalue weighted by Crippen LogP contribution is 2.31. The van der Waals surface area contributed by atoms with Gasteiger partial charge < -0.3 is 5.32 Å². The monoisotopic (exact) mass is 319 g/mol. The van der Waals surface area contributed by atoms with Crippen LogP contribution in [0.4, 0.5) is 5.69 Å². The molecule has 0 aliphatic heterocycles. The lowest BCUT2D eigenvalue weighted by Gasteiger charge is -2.21. The molecule has 0 bridgehead atoms. The van der Waals surface area contributed by atoms with Crippen LogP contribution in [0, 0.1) is 0 Å². The maximum absolute atomic E-state index is 6.02. The second kappa shape index (κ2) is 6.65. The van der Waals surface area contributed by atoms with Crippen LogP contribution in [-0.2, 0) is 0 Å². The molecule has 22 heavy (non-hydrogen) atoms. The first-order valence-electron chi connectivity index (χ1n) is 7.98. The van der Waals surface area contributed by atoms with Crippen molar-refractivity contribution in [3.8, 4) is 11.3 Å². The van der Waals surface area contributed by atoms with Gasteiger partial charge >= 0.3 is 0 Å². The maximum atomic E-state index is 6.02. The Balaban J connectivity index is 1.89. The Labute approximate surface area is 136 Å². The molecule has 5 nitrogen and oxygen atoms in total. The molecule has 1 aliphatic carbocycles. The summed E-state index contributed by atoms with van der Waals surface area (Å²) in [4.78, 5) is 4.19. The van der Waals surface area contributed by atoms with E-state index in [1.165, 1.54) is 32.1 Å². The highest BCUT2D eigenvalue weighted by molar-refractivity contribution is 6.29. The van der Waals surface area contributed by atoms with E-state index in [0.29, 0.717) is 17.2 Å². The molecule has 1 aliphatic rings. The third-order valence-electron chi connectivity index (χ3n) is 4.05. The molecule has 3 rings (SSSR count). The lowest BCUT2D eigenvalue weighted by molar-refractivity contribution is 0.324. The molecule has 2 heterocycles. The SMILES string of the molecule is CC(C)Nc1cc(Cl)ncc1-c1cn(C2CCCCC2)nn1. The summed E-state index contributed by atoms with van der Waals surface area (Å²) >= 11 is 6.02. The first-order valence-corrected chi connectivity index (χ1v) is 8.35. The molecule has 118 valence electrons. The van der Waals surface area contributed by atoms with Crippen LogP contribution in [0.25, 0.3) is 11.3 Å².